The summed E-state index contributed by atoms with van der Waals surface area (Å²) in [6, 6.07) is 3.63. The second kappa shape index (κ2) is 6.12. The minimum absolute atomic E-state index is 0.00803. The van der Waals surface area contributed by atoms with Crippen LogP contribution in [0, 0.1) is 10.1 Å². The maximum atomic E-state index is 10.8. The van der Waals surface area contributed by atoms with Crippen molar-refractivity contribution < 1.29 is 29.8 Å². The Kier molecular flexibility index (Phi) is 4.79. The molecule has 0 spiro atoms. The number of rotatable bonds is 6. The Morgan fingerprint density at radius 1 is 1.47 bits per heavy atom. The third-order valence-corrected chi connectivity index (χ3v) is 2.49. The summed E-state index contributed by atoms with van der Waals surface area (Å²) in [6.45, 7) is 0. The number of carboxylic acids is 1. The second-order valence-corrected chi connectivity index (χ2v) is 3.80. The zero-order chi connectivity index (χ0) is 14.6. The molecule has 104 valence electrons. The lowest BCUT2D eigenvalue weighted by atomic mass is 10.0. The molecule has 0 aromatic heterocycles. The summed E-state index contributed by atoms with van der Waals surface area (Å²) in [5.41, 5.74) is -0.331. The lowest BCUT2D eigenvalue weighted by Crippen LogP contribution is -2.21. The molecule has 2 atom stereocenters. The average Bonchev–Trinajstić information content (AvgIpc) is 2.36. The number of carbonyl (C=O) groups is 1. The van der Waals surface area contributed by atoms with Crippen molar-refractivity contribution >= 4 is 11.7 Å². The number of hydrogen-bond acceptors (Lipinski definition) is 6. The van der Waals surface area contributed by atoms with E-state index in [0.29, 0.717) is 0 Å². The van der Waals surface area contributed by atoms with Crippen LogP contribution in [0.3, 0.4) is 0 Å². The average molecular weight is 271 g/mol. The van der Waals surface area contributed by atoms with Gasteiger partial charge in [0.15, 0.2) is 5.75 Å². The van der Waals surface area contributed by atoms with Crippen LogP contribution in [-0.2, 0) is 4.79 Å². The third-order valence-electron chi connectivity index (χ3n) is 2.49. The summed E-state index contributed by atoms with van der Waals surface area (Å²) in [5.74, 6) is -1.27. The van der Waals surface area contributed by atoms with Crippen LogP contribution in [0.15, 0.2) is 18.2 Å². The van der Waals surface area contributed by atoms with Crippen LogP contribution in [-0.4, -0.2) is 39.4 Å². The van der Waals surface area contributed by atoms with Gasteiger partial charge in [-0.05, 0) is 11.6 Å². The smallest absolute Gasteiger partial charge is 0.311 e. The van der Waals surface area contributed by atoms with Crippen molar-refractivity contribution in [2.75, 3.05) is 7.11 Å². The Hall–Kier alpha value is -2.19. The van der Waals surface area contributed by atoms with Crippen molar-refractivity contribution in [1.82, 2.24) is 0 Å². The molecule has 8 nitrogen and oxygen atoms in total. The van der Waals surface area contributed by atoms with E-state index in [4.69, 9.17) is 9.84 Å². The third kappa shape index (κ3) is 3.63. The molecule has 0 saturated heterocycles. The van der Waals surface area contributed by atoms with E-state index in [1.165, 1.54) is 19.2 Å². The van der Waals surface area contributed by atoms with Gasteiger partial charge in [0, 0.05) is 6.07 Å². The zero-order valence-electron chi connectivity index (χ0n) is 10.0. The minimum atomic E-state index is -1.55. The van der Waals surface area contributed by atoms with Crippen LogP contribution in [0.4, 0.5) is 5.69 Å². The number of aliphatic carboxylic acids is 1. The van der Waals surface area contributed by atoms with Crippen molar-refractivity contribution in [2.45, 2.75) is 18.6 Å². The minimum Gasteiger partial charge on any atom is -0.490 e. The van der Waals surface area contributed by atoms with Crippen LogP contribution in [0.1, 0.15) is 18.1 Å². The van der Waals surface area contributed by atoms with Crippen LogP contribution in [0.2, 0.25) is 0 Å². The number of hydrogen-bond donors (Lipinski definition) is 3. The lowest BCUT2D eigenvalue weighted by Gasteiger charge is -2.16. The molecule has 3 N–H and O–H groups in total. The second-order valence-electron chi connectivity index (χ2n) is 3.80. The van der Waals surface area contributed by atoms with Crippen molar-refractivity contribution in [3.63, 3.8) is 0 Å². The molecule has 0 aliphatic carbocycles. The van der Waals surface area contributed by atoms with Crippen molar-refractivity contribution in [3.05, 3.63) is 33.9 Å². The highest BCUT2D eigenvalue weighted by Crippen LogP contribution is 2.31. The number of ether oxygens (including phenoxy) is 1. The molecule has 1 aromatic carbocycles. The van der Waals surface area contributed by atoms with E-state index in [1.807, 2.05) is 0 Å². The molecule has 0 aliphatic rings. The molecule has 0 bridgehead atoms. The van der Waals surface area contributed by atoms with Gasteiger partial charge in [0.2, 0.25) is 0 Å². The van der Waals surface area contributed by atoms with Crippen molar-refractivity contribution in [1.29, 1.82) is 0 Å². The van der Waals surface area contributed by atoms with Gasteiger partial charge in [-0.3, -0.25) is 14.9 Å². The van der Waals surface area contributed by atoms with Gasteiger partial charge < -0.3 is 20.1 Å². The Balaban J connectivity index is 3.04. The number of nitro benzene ring substituents is 1. The number of methoxy groups -OCH3 is 1. The van der Waals surface area contributed by atoms with Crippen molar-refractivity contribution in [2.24, 2.45) is 0 Å². The molecule has 0 radical (unpaired) electrons. The van der Waals surface area contributed by atoms with Crippen LogP contribution in [0.5, 0.6) is 5.75 Å². The highest BCUT2D eigenvalue weighted by Gasteiger charge is 2.24. The van der Waals surface area contributed by atoms with Crippen LogP contribution in [0.25, 0.3) is 0 Å². The predicted molar refractivity (Wildman–Crippen MR) is 62.9 cm³/mol. The summed E-state index contributed by atoms with van der Waals surface area (Å²) < 4.78 is 4.79. The fourth-order valence-electron chi connectivity index (χ4n) is 1.55. The first kappa shape index (κ1) is 14.9. The standard InChI is InChI=1S/C11H13NO7/c1-19-9-3-2-6(4-7(9)12(17)18)11(16)8(13)5-10(14)15/h2-4,8,11,13,16H,5H2,1H3,(H,14,15). The molecule has 0 amide bonds. The normalized spacial score (nSPS) is 13.6. The Morgan fingerprint density at radius 2 is 2.11 bits per heavy atom. The van der Waals surface area contributed by atoms with Gasteiger partial charge in [-0.2, -0.15) is 0 Å². The van der Waals surface area contributed by atoms with Gasteiger partial charge in [0.05, 0.1) is 24.6 Å². The molecule has 1 aromatic rings. The SMILES string of the molecule is COc1ccc(C(O)C(O)CC(=O)O)cc1[N+](=O)[O-]. The summed E-state index contributed by atoms with van der Waals surface area (Å²) in [5, 5.41) is 38.5. The monoisotopic (exact) mass is 271 g/mol. The van der Waals surface area contributed by atoms with E-state index in [1.54, 1.807) is 0 Å². The van der Waals surface area contributed by atoms with E-state index < -0.39 is 29.5 Å². The number of carboxylic acid groups (broad SMARTS) is 1. The fraction of sp³-hybridized carbons (Fsp3) is 0.364. The van der Waals surface area contributed by atoms with Crippen LogP contribution < -0.4 is 4.74 Å². The number of nitrogens with zero attached hydrogens (tertiary/aromatic N) is 1. The highest BCUT2D eigenvalue weighted by molar-refractivity contribution is 5.67. The maximum Gasteiger partial charge on any atom is 0.311 e. The molecule has 8 heteroatoms. The Morgan fingerprint density at radius 3 is 2.58 bits per heavy atom. The number of nitro groups is 1. The summed E-state index contributed by atoms with van der Waals surface area (Å²) in [6.07, 6.45) is -3.74. The maximum absolute atomic E-state index is 10.8. The van der Waals surface area contributed by atoms with E-state index in [2.05, 4.69) is 0 Å². The molecule has 0 saturated carbocycles. The molecule has 0 heterocycles. The predicted octanol–water partition coefficient (Wildman–Crippen LogP) is 0.472. The molecule has 1 rings (SSSR count). The first-order valence-corrected chi connectivity index (χ1v) is 5.27. The van der Waals surface area contributed by atoms with E-state index in [9.17, 15) is 25.1 Å². The first-order chi connectivity index (χ1) is 8.86. The van der Waals surface area contributed by atoms with Crippen LogP contribution >= 0.6 is 0 Å². The summed E-state index contributed by atoms with van der Waals surface area (Å²) in [7, 11) is 1.26. The summed E-state index contributed by atoms with van der Waals surface area (Å²) in [4.78, 5) is 20.5. The van der Waals surface area contributed by atoms with Gasteiger partial charge in [-0.1, -0.05) is 6.07 Å². The summed E-state index contributed by atoms with van der Waals surface area (Å²) >= 11 is 0. The van der Waals surface area contributed by atoms with Gasteiger partial charge >= 0.3 is 11.7 Å². The highest BCUT2D eigenvalue weighted by atomic mass is 16.6. The van der Waals surface area contributed by atoms with Gasteiger partial charge in [-0.15, -0.1) is 0 Å². The zero-order valence-corrected chi connectivity index (χ0v) is 10.0. The lowest BCUT2D eigenvalue weighted by molar-refractivity contribution is -0.385. The molecular weight excluding hydrogens is 258 g/mol. The van der Waals surface area contributed by atoms with Crippen molar-refractivity contribution in [3.8, 4) is 5.75 Å². The molecule has 19 heavy (non-hydrogen) atoms. The van der Waals surface area contributed by atoms with E-state index in [-0.39, 0.29) is 17.0 Å². The van der Waals surface area contributed by atoms with E-state index >= 15 is 0 Å². The number of aliphatic hydroxyl groups excluding tert-OH is 2. The molecule has 2 unspecified atom stereocenters. The van der Waals surface area contributed by atoms with Gasteiger partial charge in [0.25, 0.3) is 0 Å². The Bertz CT molecular complexity index is 488. The van der Waals surface area contributed by atoms with E-state index in [0.717, 1.165) is 6.07 Å². The molecule has 0 aliphatic heterocycles. The molecular formula is C11H13NO7. The largest absolute Gasteiger partial charge is 0.490 e. The Labute approximate surface area is 108 Å². The molecule has 0 fully saturated rings. The number of benzene rings is 1. The topological polar surface area (TPSA) is 130 Å². The quantitative estimate of drug-likeness (QED) is 0.506. The fourth-order valence-corrected chi connectivity index (χ4v) is 1.55. The van der Waals surface area contributed by atoms with Gasteiger partial charge in [-0.25, -0.2) is 0 Å². The van der Waals surface area contributed by atoms with Gasteiger partial charge in [0.1, 0.15) is 6.10 Å². The first-order valence-electron chi connectivity index (χ1n) is 5.27. The number of aliphatic hydroxyl groups is 2.